The highest BCUT2D eigenvalue weighted by atomic mass is 35.5. The van der Waals surface area contributed by atoms with Gasteiger partial charge < -0.3 is 19.8 Å². The topological polar surface area (TPSA) is 76.2 Å². The molecule has 146 valence electrons. The summed E-state index contributed by atoms with van der Waals surface area (Å²) in [5, 5.41) is 3.42. The van der Waals surface area contributed by atoms with Crippen LogP contribution in [0.15, 0.2) is 60.7 Å². The van der Waals surface area contributed by atoms with Gasteiger partial charge in [0, 0.05) is 16.8 Å². The molecule has 0 aliphatic carbocycles. The third kappa shape index (κ3) is 3.75. The molecule has 0 saturated heterocycles. The molecule has 0 atom stereocenters. The van der Waals surface area contributed by atoms with Gasteiger partial charge in [-0.05, 0) is 48.5 Å². The van der Waals surface area contributed by atoms with E-state index in [4.69, 9.17) is 21.1 Å². The molecule has 4 rings (SSSR count). The van der Waals surface area contributed by atoms with Gasteiger partial charge in [-0.2, -0.15) is 0 Å². The molecule has 3 aromatic carbocycles. The molecule has 6 nitrogen and oxygen atoms in total. The van der Waals surface area contributed by atoms with Crippen molar-refractivity contribution in [1.29, 1.82) is 0 Å². The number of imidazole rings is 1. The first-order valence-electron chi connectivity index (χ1n) is 8.87. The first-order chi connectivity index (χ1) is 14.1. The third-order valence-corrected chi connectivity index (χ3v) is 4.84. The number of rotatable bonds is 5. The van der Waals surface area contributed by atoms with Crippen molar-refractivity contribution >= 4 is 34.2 Å². The number of carbonyl (C=O) groups is 1. The van der Waals surface area contributed by atoms with E-state index in [-0.39, 0.29) is 5.91 Å². The van der Waals surface area contributed by atoms with E-state index in [1.54, 1.807) is 43.5 Å². The van der Waals surface area contributed by atoms with Gasteiger partial charge >= 0.3 is 0 Å². The molecule has 1 amide bonds. The van der Waals surface area contributed by atoms with Crippen LogP contribution in [0.2, 0.25) is 5.02 Å². The minimum atomic E-state index is -0.274. The monoisotopic (exact) mass is 407 g/mol. The van der Waals surface area contributed by atoms with Gasteiger partial charge in [0.15, 0.2) is 11.5 Å². The number of amides is 1. The Labute approximate surface area is 172 Å². The highest BCUT2D eigenvalue weighted by molar-refractivity contribution is 6.33. The van der Waals surface area contributed by atoms with Crippen molar-refractivity contribution in [2.24, 2.45) is 0 Å². The van der Waals surface area contributed by atoms with Gasteiger partial charge in [-0.1, -0.05) is 23.7 Å². The minimum Gasteiger partial charge on any atom is -0.493 e. The lowest BCUT2D eigenvalue weighted by atomic mass is 10.1. The maximum Gasteiger partial charge on any atom is 0.255 e. The van der Waals surface area contributed by atoms with Crippen molar-refractivity contribution < 1.29 is 14.3 Å². The van der Waals surface area contributed by atoms with Crippen LogP contribution in [-0.2, 0) is 0 Å². The van der Waals surface area contributed by atoms with Crippen LogP contribution < -0.4 is 14.8 Å². The molecule has 0 aliphatic heterocycles. The Hall–Kier alpha value is -3.51. The first-order valence-corrected chi connectivity index (χ1v) is 9.25. The number of hydrogen-bond donors (Lipinski definition) is 2. The number of nitrogens with zero attached hydrogens (tertiary/aromatic N) is 1. The Morgan fingerprint density at radius 3 is 2.55 bits per heavy atom. The average Bonchev–Trinajstić information content (AvgIpc) is 3.18. The van der Waals surface area contributed by atoms with E-state index in [1.165, 1.54) is 7.11 Å². The molecular formula is C22H18ClN3O3. The predicted octanol–water partition coefficient (Wildman–Crippen LogP) is 5.15. The van der Waals surface area contributed by atoms with Gasteiger partial charge in [-0.3, -0.25) is 4.79 Å². The van der Waals surface area contributed by atoms with Gasteiger partial charge in [0.25, 0.3) is 5.91 Å². The molecule has 1 heterocycles. The first kappa shape index (κ1) is 18.8. The average molecular weight is 408 g/mol. The van der Waals surface area contributed by atoms with Crippen molar-refractivity contribution in [1.82, 2.24) is 9.97 Å². The van der Waals surface area contributed by atoms with E-state index in [9.17, 15) is 4.79 Å². The molecule has 0 spiro atoms. The molecule has 0 unspecified atom stereocenters. The van der Waals surface area contributed by atoms with Gasteiger partial charge in [0.2, 0.25) is 0 Å². The standard InChI is InChI=1S/C22H18ClN3O3/c1-28-19-10-7-13(11-20(19)29-2)22(27)24-14-8-9-16(23)15(12-14)21-25-17-5-3-4-6-18(17)26-21/h3-12H,1-2H3,(H,24,27)(H,25,26). The van der Waals surface area contributed by atoms with Crippen LogP contribution >= 0.6 is 11.6 Å². The van der Waals surface area contributed by atoms with Crippen LogP contribution in [0.5, 0.6) is 11.5 Å². The van der Waals surface area contributed by atoms with Crippen LogP contribution in [-0.4, -0.2) is 30.1 Å². The zero-order valence-electron chi connectivity index (χ0n) is 15.8. The number of halogens is 1. The Morgan fingerprint density at radius 2 is 1.79 bits per heavy atom. The molecule has 1 aromatic heterocycles. The normalized spacial score (nSPS) is 10.7. The lowest BCUT2D eigenvalue weighted by Crippen LogP contribution is -2.12. The number of aromatic nitrogens is 2. The van der Waals surface area contributed by atoms with Crippen molar-refractivity contribution in [2.75, 3.05) is 19.5 Å². The molecule has 0 radical (unpaired) electrons. The summed E-state index contributed by atoms with van der Waals surface area (Å²) < 4.78 is 10.5. The molecule has 0 bridgehead atoms. The van der Waals surface area contributed by atoms with Crippen molar-refractivity contribution in [2.45, 2.75) is 0 Å². The summed E-state index contributed by atoms with van der Waals surface area (Å²) in [6.45, 7) is 0. The van der Waals surface area contributed by atoms with Crippen molar-refractivity contribution in [3.63, 3.8) is 0 Å². The number of nitrogens with one attached hydrogen (secondary N) is 2. The Kier molecular flexibility index (Phi) is 5.10. The summed E-state index contributed by atoms with van der Waals surface area (Å²) in [5.74, 6) is 1.41. The van der Waals surface area contributed by atoms with E-state index in [0.717, 1.165) is 11.0 Å². The highest BCUT2D eigenvalue weighted by Gasteiger charge is 2.14. The van der Waals surface area contributed by atoms with Crippen LogP contribution in [0, 0.1) is 0 Å². The smallest absolute Gasteiger partial charge is 0.255 e. The number of ether oxygens (including phenoxy) is 2. The van der Waals surface area contributed by atoms with E-state index in [2.05, 4.69) is 15.3 Å². The molecule has 29 heavy (non-hydrogen) atoms. The second-order valence-corrected chi connectivity index (χ2v) is 6.73. The number of fused-ring (bicyclic) bond motifs is 1. The fourth-order valence-electron chi connectivity index (χ4n) is 3.05. The molecular weight excluding hydrogens is 390 g/mol. The Morgan fingerprint density at radius 1 is 1.00 bits per heavy atom. The molecule has 0 fully saturated rings. The summed E-state index contributed by atoms with van der Waals surface area (Å²) in [7, 11) is 3.07. The third-order valence-electron chi connectivity index (χ3n) is 4.51. The number of benzene rings is 3. The van der Waals surface area contributed by atoms with E-state index in [1.807, 2.05) is 24.3 Å². The van der Waals surface area contributed by atoms with Crippen LogP contribution in [0.4, 0.5) is 5.69 Å². The maximum atomic E-state index is 12.7. The summed E-state index contributed by atoms with van der Waals surface area (Å²) >= 11 is 6.38. The molecule has 4 aromatic rings. The number of anilines is 1. The lowest BCUT2D eigenvalue weighted by molar-refractivity contribution is 0.102. The SMILES string of the molecule is COc1ccc(C(=O)Nc2ccc(Cl)c(-c3nc4ccccc4[nH]3)c2)cc1OC. The van der Waals surface area contributed by atoms with Gasteiger partial charge in [-0.25, -0.2) is 4.98 Å². The molecule has 0 saturated carbocycles. The number of aromatic amines is 1. The molecule has 7 heteroatoms. The summed E-state index contributed by atoms with van der Waals surface area (Å²) in [4.78, 5) is 20.5. The summed E-state index contributed by atoms with van der Waals surface area (Å²) in [5.41, 5.74) is 3.51. The quantitative estimate of drug-likeness (QED) is 0.479. The Bertz CT molecular complexity index is 1170. The maximum absolute atomic E-state index is 12.7. The largest absolute Gasteiger partial charge is 0.493 e. The number of carbonyl (C=O) groups excluding carboxylic acids is 1. The predicted molar refractivity (Wildman–Crippen MR) is 114 cm³/mol. The van der Waals surface area contributed by atoms with Gasteiger partial charge in [0.1, 0.15) is 5.82 Å². The number of methoxy groups -OCH3 is 2. The second-order valence-electron chi connectivity index (χ2n) is 6.32. The van der Waals surface area contributed by atoms with Crippen molar-refractivity contribution in [3.8, 4) is 22.9 Å². The number of para-hydroxylation sites is 2. The van der Waals surface area contributed by atoms with Crippen LogP contribution in [0.25, 0.3) is 22.4 Å². The number of H-pyrrole nitrogens is 1. The number of hydrogen-bond acceptors (Lipinski definition) is 4. The van der Waals surface area contributed by atoms with E-state index in [0.29, 0.717) is 39.2 Å². The Balaban J connectivity index is 1.63. The van der Waals surface area contributed by atoms with Gasteiger partial charge in [-0.15, -0.1) is 0 Å². The highest BCUT2D eigenvalue weighted by Crippen LogP contribution is 2.31. The zero-order chi connectivity index (χ0) is 20.4. The minimum absolute atomic E-state index is 0.274. The van der Waals surface area contributed by atoms with E-state index >= 15 is 0 Å². The van der Waals surface area contributed by atoms with Crippen molar-refractivity contribution in [3.05, 3.63) is 71.2 Å². The fourth-order valence-corrected chi connectivity index (χ4v) is 3.25. The summed E-state index contributed by atoms with van der Waals surface area (Å²) in [6.07, 6.45) is 0. The summed E-state index contributed by atoms with van der Waals surface area (Å²) in [6, 6.07) is 18.0. The van der Waals surface area contributed by atoms with Gasteiger partial charge in [0.05, 0.1) is 30.3 Å². The molecule has 2 N–H and O–H groups in total. The van der Waals surface area contributed by atoms with Crippen LogP contribution in [0.1, 0.15) is 10.4 Å². The zero-order valence-corrected chi connectivity index (χ0v) is 16.6. The van der Waals surface area contributed by atoms with Crippen LogP contribution in [0.3, 0.4) is 0 Å². The fraction of sp³-hybridized carbons (Fsp3) is 0.0909. The lowest BCUT2D eigenvalue weighted by Gasteiger charge is -2.11. The molecule has 0 aliphatic rings. The second kappa shape index (κ2) is 7.85. The van der Waals surface area contributed by atoms with E-state index < -0.39 is 0 Å².